The maximum absolute atomic E-state index is 12.6. The van der Waals surface area contributed by atoms with Gasteiger partial charge in [0.1, 0.15) is 11.2 Å². The first-order valence-corrected chi connectivity index (χ1v) is 9.21. The molecule has 27 heavy (non-hydrogen) atoms. The van der Waals surface area contributed by atoms with Crippen molar-refractivity contribution >= 4 is 28.5 Å². The summed E-state index contributed by atoms with van der Waals surface area (Å²) in [6, 6.07) is 10.9. The van der Waals surface area contributed by atoms with Crippen molar-refractivity contribution in [3.05, 3.63) is 59.0 Å². The predicted molar refractivity (Wildman–Crippen MR) is 103 cm³/mol. The fourth-order valence-electron chi connectivity index (χ4n) is 3.01. The van der Waals surface area contributed by atoms with Crippen LogP contribution in [0.1, 0.15) is 30.1 Å². The lowest BCUT2D eigenvalue weighted by Crippen LogP contribution is -2.24. The fraction of sp³-hybridized carbons (Fsp3) is 0.286. The summed E-state index contributed by atoms with van der Waals surface area (Å²) < 4.78 is 6.66. The Morgan fingerprint density at radius 3 is 2.81 bits per heavy atom. The number of methoxy groups -OCH3 is 1. The first-order valence-electron chi connectivity index (χ1n) is 8.83. The molecule has 0 radical (unpaired) electrons. The molecule has 5 nitrogen and oxygen atoms in total. The van der Waals surface area contributed by atoms with Crippen molar-refractivity contribution in [2.75, 3.05) is 7.11 Å². The van der Waals surface area contributed by atoms with Crippen LogP contribution in [0.2, 0.25) is 5.15 Å². The Balaban J connectivity index is 1.84. The lowest BCUT2D eigenvalue weighted by molar-refractivity contribution is -0.144. The van der Waals surface area contributed by atoms with Crippen LogP contribution >= 0.6 is 11.6 Å². The molecule has 0 saturated heterocycles. The summed E-state index contributed by atoms with van der Waals surface area (Å²) in [5.74, 6) is 6.44. The van der Waals surface area contributed by atoms with Gasteiger partial charge in [0.05, 0.1) is 7.11 Å². The Bertz CT molecular complexity index is 1050. The van der Waals surface area contributed by atoms with Gasteiger partial charge in [0, 0.05) is 23.9 Å². The Labute approximate surface area is 162 Å². The van der Waals surface area contributed by atoms with Crippen LogP contribution in [0.4, 0.5) is 0 Å². The lowest BCUT2D eigenvalue weighted by atomic mass is 10.1. The third kappa shape index (κ3) is 3.67. The molecule has 1 fully saturated rings. The molecule has 1 saturated carbocycles. The van der Waals surface area contributed by atoms with E-state index in [1.807, 2.05) is 36.4 Å². The summed E-state index contributed by atoms with van der Waals surface area (Å²) in [5.41, 5.74) is 2.22. The van der Waals surface area contributed by atoms with Gasteiger partial charge in [0.25, 0.3) is 0 Å². The number of pyridine rings is 1. The molecule has 1 atom stereocenters. The molecular weight excluding hydrogens is 362 g/mol. The van der Waals surface area contributed by atoms with E-state index >= 15 is 0 Å². The first kappa shape index (κ1) is 17.6. The van der Waals surface area contributed by atoms with Crippen molar-refractivity contribution < 1.29 is 9.53 Å². The van der Waals surface area contributed by atoms with Gasteiger partial charge >= 0.3 is 5.97 Å². The van der Waals surface area contributed by atoms with Gasteiger partial charge in [-0.15, -0.1) is 0 Å². The minimum Gasteiger partial charge on any atom is -0.467 e. The minimum atomic E-state index is -0.655. The summed E-state index contributed by atoms with van der Waals surface area (Å²) in [4.78, 5) is 16.7. The normalized spacial score (nSPS) is 14.4. The summed E-state index contributed by atoms with van der Waals surface area (Å²) in [6.45, 7) is 0. The van der Waals surface area contributed by atoms with Crippen molar-refractivity contribution in [3.8, 4) is 11.8 Å². The number of hydrogen-bond acceptors (Lipinski definition) is 4. The zero-order valence-electron chi connectivity index (χ0n) is 14.9. The van der Waals surface area contributed by atoms with Crippen LogP contribution in [0.15, 0.2) is 42.6 Å². The van der Waals surface area contributed by atoms with Gasteiger partial charge < -0.3 is 4.74 Å². The number of ether oxygens (including phenoxy) is 1. The van der Waals surface area contributed by atoms with Crippen LogP contribution in [0, 0.1) is 17.8 Å². The second-order valence-corrected chi connectivity index (χ2v) is 6.92. The molecule has 1 aliphatic carbocycles. The van der Waals surface area contributed by atoms with Gasteiger partial charge in [-0.1, -0.05) is 47.9 Å². The Hall–Kier alpha value is -2.84. The molecule has 0 aliphatic heterocycles. The number of benzene rings is 1. The summed E-state index contributed by atoms with van der Waals surface area (Å²) in [6.07, 6.45) is 4.33. The van der Waals surface area contributed by atoms with Gasteiger partial charge in [-0.05, 0) is 30.4 Å². The van der Waals surface area contributed by atoms with E-state index < -0.39 is 6.04 Å². The molecule has 2 heterocycles. The van der Waals surface area contributed by atoms with Crippen molar-refractivity contribution in [1.29, 1.82) is 0 Å². The van der Waals surface area contributed by atoms with E-state index in [1.54, 1.807) is 10.9 Å². The largest absolute Gasteiger partial charge is 0.467 e. The van der Waals surface area contributed by atoms with Crippen LogP contribution in [0.3, 0.4) is 0 Å². The van der Waals surface area contributed by atoms with Crippen LogP contribution in [-0.2, 0) is 16.0 Å². The average molecular weight is 380 g/mol. The van der Waals surface area contributed by atoms with Crippen molar-refractivity contribution in [1.82, 2.24) is 14.8 Å². The fourth-order valence-corrected chi connectivity index (χ4v) is 3.25. The van der Waals surface area contributed by atoms with E-state index in [2.05, 4.69) is 21.9 Å². The Kier molecular flexibility index (Phi) is 4.83. The molecule has 2 aromatic heterocycles. The number of hydrogen-bond donors (Lipinski definition) is 0. The van der Waals surface area contributed by atoms with Crippen LogP contribution < -0.4 is 0 Å². The SMILES string of the molecule is COC(=O)C(Cc1ccccc1)n1nc(C#CC2CC2)c2ccnc(Cl)c21. The van der Waals surface area contributed by atoms with Gasteiger partial charge in [-0.2, -0.15) is 5.10 Å². The van der Waals surface area contributed by atoms with Gasteiger partial charge in [0.15, 0.2) is 11.2 Å². The maximum Gasteiger partial charge on any atom is 0.331 e. The zero-order valence-corrected chi connectivity index (χ0v) is 15.6. The first-order chi connectivity index (χ1) is 13.2. The minimum absolute atomic E-state index is 0.293. The highest BCUT2D eigenvalue weighted by atomic mass is 35.5. The molecule has 136 valence electrons. The highest BCUT2D eigenvalue weighted by Crippen LogP contribution is 2.30. The standard InChI is InChI=1S/C21H18ClN3O2/c1-27-21(26)18(13-15-5-3-2-4-6-15)25-19-16(11-12-23-20(19)22)17(24-25)10-9-14-7-8-14/h2-6,11-12,14,18H,7-8,13H2,1H3. The number of fused-ring (bicyclic) bond motifs is 1. The number of carbonyl (C=O) groups excluding carboxylic acids is 1. The van der Waals surface area contributed by atoms with Crippen molar-refractivity contribution in [3.63, 3.8) is 0 Å². The van der Waals surface area contributed by atoms with E-state index in [-0.39, 0.29) is 5.97 Å². The second-order valence-electron chi connectivity index (χ2n) is 6.56. The number of esters is 1. The van der Waals surface area contributed by atoms with E-state index in [9.17, 15) is 4.79 Å². The lowest BCUT2D eigenvalue weighted by Gasteiger charge is -2.16. The number of aromatic nitrogens is 3. The molecule has 4 rings (SSSR count). The van der Waals surface area contributed by atoms with E-state index in [4.69, 9.17) is 16.3 Å². The van der Waals surface area contributed by atoms with Crippen LogP contribution in [0.5, 0.6) is 0 Å². The molecule has 0 bridgehead atoms. The van der Waals surface area contributed by atoms with E-state index in [0.717, 1.165) is 23.8 Å². The smallest absolute Gasteiger partial charge is 0.331 e. The molecule has 3 aromatic rings. The number of nitrogens with zero attached hydrogens (tertiary/aromatic N) is 3. The van der Waals surface area contributed by atoms with Crippen molar-refractivity contribution in [2.24, 2.45) is 5.92 Å². The van der Waals surface area contributed by atoms with E-state index in [1.165, 1.54) is 7.11 Å². The second kappa shape index (κ2) is 7.42. The molecule has 1 unspecified atom stereocenters. The summed E-state index contributed by atoms with van der Waals surface area (Å²) in [5, 5.41) is 5.72. The summed E-state index contributed by atoms with van der Waals surface area (Å²) in [7, 11) is 1.37. The molecular formula is C21H18ClN3O2. The van der Waals surface area contributed by atoms with E-state index in [0.29, 0.717) is 28.7 Å². The Morgan fingerprint density at radius 1 is 1.33 bits per heavy atom. The topological polar surface area (TPSA) is 57.0 Å². The van der Waals surface area contributed by atoms with Crippen LogP contribution in [0.25, 0.3) is 10.9 Å². The molecule has 6 heteroatoms. The Morgan fingerprint density at radius 2 is 2.11 bits per heavy atom. The van der Waals surface area contributed by atoms with Gasteiger partial charge in [0.2, 0.25) is 0 Å². The molecule has 1 aliphatic rings. The monoisotopic (exact) mass is 379 g/mol. The zero-order chi connectivity index (χ0) is 18.8. The highest BCUT2D eigenvalue weighted by molar-refractivity contribution is 6.34. The quantitative estimate of drug-likeness (QED) is 0.393. The number of rotatable bonds is 4. The predicted octanol–water partition coefficient (Wildman–Crippen LogP) is 3.80. The van der Waals surface area contributed by atoms with Gasteiger partial charge in [-0.25, -0.2) is 14.5 Å². The highest BCUT2D eigenvalue weighted by Gasteiger charge is 2.27. The third-order valence-electron chi connectivity index (χ3n) is 4.58. The average Bonchev–Trinajstić information content (AvgIpc) is 3.45. The maximum atomic E-state index is 12.6. The molecule has 1 aromatic carbocycles. The number of carbonyl (C=O) groups is 1. The third-order valence-corrected chi connectivity index (χ3v) is 4.86. The molecule has 0 N–H and O–H groups in total. The molecule has 0 amide bonds. The molecule has 0 spiro atoms. The number of halogens is 1. The summed E-state index contributed by atoms with van der Waals surface area (Å²) >= 11 is 6.37. The van der Waals surface area contributed by atoms with Crippen LogP contribution in [-0.4, -0.2) is 27.8 Å². The van der Waals surface area contributed by atoms with Gasteiger partial charge in [-0.3, -0.25) is 0 Å². The van der Waals surface area contributed by atoms with Crippen molar-refractivity contribution in [2.45, 2.75) is 25.3 Å².